The van der Waals surface area contributed by atoms with Gasteiger partial charge in [-0.2, -0.15) is 4.31 Å². The van der Waals surface area contributed by atoms with Crippen LogP contribution >= 0.6 is 27.5 Å². The number of carboxylic acid groups (broad SMARTS) is 1. The maximum Gasteiger partial charge on any atom is 0.333 e. The largest absolute Gasteiger partial charge is 0.478 e. The van der Waals surface area contributed by atoms with Gasteiger partial charge in [0.1, 0.15) is 4.90 Å². The predicted octanol–water partition coefficient (Wildman–Crippen LogP) is 5.91. The summed E-state index contributed by atoms with van der Waals surface area (Å²) in [6.07, 6.45) is 1.55. The van der Waals surface area contributed by atoms with Crippen LogP contribution < -0.4 is 0 Å². The highest BCUT2D eigenvalue weighted by Crippen LogP contribution is 2.46. The molecule has 1 heterocycles. The van der Waals surface area contributed by atoms with E-state index >= 15 is 0 Å². The predicted molar refractivity (Wildman–Crippen MR) is 123 cm³/mol. The average Bonchev–Trinajstić information content (AvgIpc) is 3.04. The molecule has 1 N–H and O–H groups in total. The van der Waals surface area contributed by atoms with Gasteiger partial charge in [-0.15, -0.1) is 0 Å². The van der Waals surface area contributed by atoms with Crippen molar-refractivity contribution in [1.82, 2.24) is 4.31 Å². The Morgan fingerprint density at radius 2 is 1.67 bits per heavy atom. The molecule has 0 aliphatic carbocycles. The molecule has 0 amide bonds. The molecule has 0 aromatic heterocycles. The maximum absolute atomic E-state index is 13.7. The van der Waals surface area contributed by atoms with Gasteiger partial charge in [0.15, 0.2) is 0 Å². The van der Waals surface area contributed by atoms with Crippen molar-refractivity contribution in [2.45, 2.75) is 45.2 Å². The highest BCUT2D eigenvalue weighted by atomic mass is 79.9. The zero-order valence-electron chi connectivity index (χ0n) is 16.1. The standard InChI is InChI=1S/C21H21BrClNO4S.CH4/c1-21(2,3)18-12-15(20(25)26)19(13-8-10-14(22)11-9-13)24(18)29(27,28)17-7-5-4-6-16(17)23;/h4-12,18-19H,1-3H3,(H,25,26);1H4/t18-,19-;/m0./s1. The summed E-state index contributed by atoms with van der Waals surface area (Å²) in [5.74, 6) is -1.15. The normalized spacial score (nSPS) is 19.8. The first-order valence-corrected chi connectivity index (χ1v) is 11.5. The van der Waals surface area contributed by atoms with Gasteiger partial charge in [0.2, 0.25) is 10.0 Å². The van der Waals surface area contributed by atoms with E-state index in [1.807, 2.05) is 20.8 Å². The molecule has 0 radical (unpaired) electrons. The van der Waals surface area contributed by atoms with Gasteiger partial charge in [-0.1, -0.05) is 86.1 Å². The van der Waals surface area contributed by atoms with Gasteiger partial charge in [0, 0.05) is 10.5 Å². The molecule has 2 atom stereocenters. The Labute approximate surface area is 191 Å². The first-order valence-electron chi connectivity index (χ1n) is 8.93. The van der Waals surface area contributed by atoms with Gasteiger partial charge in [-0.05, 0) is 35.2 Å². The minimum absolute atomic E-state index is 0. The Morgan fingerprint density at radius 1 is 1.10 bits per heavy atom. The third-order valence-corrected chi connectivity index (χ3v) is 7.75. The first-order chi connectivity index (χ1) is 13.4. The summed E-state index contributed by atoms with van der Waals surface area (Å²) in [7, 11) is -4.10. The molecule has 162 valence electrons. The van der Waals surface area contributed by atoms with Crippen molar-refractivity contribution in [3.05, 3.63) is 75.2 Å². The molecule has 2 aromatic carbocycles. The Hall–Kier alpha value is -1.67. The van der Waals surface area contributed by atoms with Crippen molar-refractivity contribution in [2.75, 3.05) is 0 Å². The summed E-state index contributed by atoms with van der Waals surface area (Å²) in [4.78, 5) is 12.0. The van der Waals surface area contributed by atoms with Crippen LogP contribution in [0.2, 0.25) is 5.02 Å². The van der Waals surface area contributed by atoms with Crippen molar-refractivity contribution >= 4 is 43.5 Å². The number of hydrogen-bond donors (Lipinski definition) is 1. The van der Waals surface area contributed by atoms with Crippen molar-refractivity contribution in [1.29, 1.82) is 0 Å². The quantitative estimate of drug-likeness (QED) is 0.550. The van der Waals surface area contributed by atoms with Crippen molar-refractivity contribution in [3.63, 3.8) is 0 Å². The summed E-state index contributed by atoms with van der Waals surface area (Å²) >= 11 is 9.58. The van der Waals surface area contributed by atoms with Crippen molar-refractivity contribution in [3.8, 4) is 0 Å². The summed E-state index contributed by atoms with van der Waals surface area (Å²) in [5.41, 5.74) is 0.0613. The van der Waals surface area contributed by atoms with E-state index in [2.05, 4.69) is 15.9 Å². The number of nitrogens with zero attached hydrogens (tertiary/aromatic N) is 1. The third kappa shape index (κ3) is 4.49. The molecule has 8 heteroatoms. The van der Waals surface area contributed by atoms with Gasteiger partial charge in [0.05, 0.1) is 16.6 Å². The van der Waals surface area contributed by atoms with Crippen LogP contribution in [-0.2, 0) is 14.8 Å². The lowest BCUT2D eigenvalue weighted by Gasteiger charge is -2.37. The van der Waals surface area contributed by atoms with Crippen molar-refractivity contribution < 1.29 is 18.3 Å². The average molecular weight is 515 g/mol. The zero-order chi connectivity index (χ0) is 21.6. The second-order valence-electron chi connectivity index (χ2n) is 7.96. The van der Waals surface area contributed by atoms with Gasteiger partial charge < -0.3 is 5.11 Å². The molecule has 0 fully saturated rings. The Kier molecular flexibility index (Phi) is 7.24. The van der Waals surface area contributed by atoms with Gasteiger partial charge >= 0.3 is 5.97 Å². The minimum atomic E-state index is -4.10. The van der Waals surface area contributed by atoms with Crippen LogP contribution in [-0.4, -0.2) is 29.8 Å². The molecule has 30 heavy (non-hydrogen) atoms. The number of rotatable bonds is 4. The number of aliphatic carboxylic acids is 1. The molecule has 0 saturated heterocycles. The highest BCUT2D eigenvalue weighted by Gasteiger charge is 2.49. The molecule has 1 aliphatic heterocycles. The number of carbonyl (C=O) groups is 1. The fourth-order valence-electron chi connectivity index (χ4n) is 3.48. The number of hydrogen-bond acceptors (Lipinski definition) is 3. The van der Waals surface area contributed by atoms with E-state index in [1.54, 1.807) is 42.5 Å². The van der Waals surface area contributed by atoms with Crippen LogP contribution in [0.1, 0.15) is 39.8 Å². The molecule has 0 spiro atoms. The maximum atomic E-state index is 13.7. The zero-order valence-corrected chi connectivity index (χ0v) is 19.3. The lowest BCUT2D eigenvalue weighted by atomic mass is 9.87. The van der Waals surface area contributed by atoms with E-state index < -0.39 is 33.5 Å². The second kappa shape index (κ2) is 8.83. The van der Waals surface area contributed by atoms with Crippen LogP contribution in [0.25, 0.3) is 0 Å². The second-order valence-corrected chi connectivity index (χ2v) is 11.1. The van der Waals surface area contributed by atoms with Crippen LogP contribution in [0.3, 0.4) is 0 Å². The molecule has 2 aromatic rings. The number of sulfonamides is 1. The molecule has 3 rings (SSSR count). The monoisotopic (exact) mass is 513 g/mol. The molecule has 1 aliphatic rings. The fraction of sp³-hybridized carbons (Fsp3) is 0.318. The van der Waals surface area contributed by atoms with E-state index in [9.17, 15) is 18.3 Å². The summed E-state index contributed by atoms with van der Waals surface area (Å²) in [6.45, 7) is 5.64. The van der Waals surface area contributed by atoms with Crippen LogP contribution in [0.5, 0.6) is 0 Å². The molecular weight excluding hydrogens is 490 g/mol. The lowest BCUT2D eigenvalue weighted by Crippen LogP contribution is -2.45. The molecule has 5 nitrogen and oxygen atoms in total. The van der Waals surface area contributed by atoms with E-state index in [4.69, 9.17) is 11.6 Å². The summed E-state index contributed by atoms with van der Waals surface area (Å²) in [5, 5.41) is 9.96. The van der Waals surface area contributed by atoms with E-state index in [-0.39, 0.29) is 22.9 Å². The third-order valence-electron chi connectivity index (χ3n) is 4.87. The highest BCUT2D eigenvalue weighted by molar-refractivity contribution is 9.10. The topological polar surface area (TPSA) is 74.7 Å². The molecule has 0 bridgehead atoms. The summed E-state index contributed by atoms with van der Waals surface area (Å²) < 4.78 is 29.6. The Morgan fingerprint density at radius 3 is 2.17 bits per heavy atom. The van der Waals surface area contributed by atoms with Crippen LogP contribution in [0.4, 0.5) is 0 Å². The molecule has 0 unspecified atom stereocenters. The first kappa shape index (κ1) is 24.6. The SMILES string of the molecule is C.CC(C)(C)[C@@H]1C=C(C(=O)O)[C@H](c2ccc(Br)cc2)N1S(=O)(=O)c1ccccc1Cl. The number of carboxylic acids is 1. The lowest BCUT2D eigenvalue weighted by molar-refractivity contribution is -0.133. The fourth-order valence-corrected chi connectivity index (χ4v) is 6.15. The minimum Gasteiger partial charge on any atom is -0.478 e. The Balaban J connectivity index is 0.00000320. The Bertz CT molecular complexity index is 1080. The van der Waals surface area contributed by atoms with Gasteiger partial charge in [-0.3, -0.25) is 0 Å². The number of benzene rings is 2. The molecule has 0 saturated carbocycles. The van der Waals surface area contributed by atoms with E-state index in [0.717, 1.165) is 4.47 Å². The van der Waals surface area contributed by atoms with Crippen LogP contribution in [0, 0.1) is 5.41 Å². The molecular formula is C22H25BrClNO4S. The smallest absolute Gasteiger partial charge is 0.333 e. The van der Waals surface area contributed by atoms with Gasteiger partial charge in [0.25, 0.3) is 0 Å². The number of halogens is 2. The van der Waals surface area contributed by atoms with Crippen LogP contribution in [0.15, 0.2) is 69.5 Å². The van der Waals surface area contributed by atoms with Crippen molar-refractivity contribution in [2.24, 2.45) is 5.41 Å². The van der Waals surface area contributed by atoms with E-state index in [0.29, 0.717) is 5.56 Å². The van der Waals surface area contributed by atoms with E-state index in [1.165, 1.54) is 16.4 Å². The summed E-state index contributed by atoms with van der Waals surface area (Å²) in [6, 6.07) is 11.6. The van der Waals surface area contributed by atoms with Gasteiger partial charge in [-0.25, -0.2) is 13.2 Å².